The van der Waals surface area contributed by atoms with Gasteiger partial charge in [0.25, 0.3) is 0 Å². The standard InChI is InChI=1S/C22H18O8/c1-27-21(24)9-15(14-8-19-20(10-16(14)23)29-11-28-19)18-7-6-17(30-18)12-4-2-3-5-13(12)22(25)26/h2-8,10,15,23H,9,11H2,1H3,(H,25,26)/t15-/m1/s1. The van der Waals surface area contributed by atoms with Crippen molar-refractivity contribution in [2.75, 3.05) is 13.9 Å². The number of phenols is 1. The first-order valence-corrected chi connectivity index (χ1v) is 9.09. The number of methoxy groups -OCH3 is 1. The van der Waals surface area contributed by atoms with E-state index in [4.69, 9.17) is 18.6 Å². The summed E-state index contributed by atoms with van der Waals surface area (Å²) in [6.07, 6.45) is -0.1000. The maximum Gasteiger partial charge on any atom is 0.336 e. The van der Waals surface area contributed by atoms with E-state index in [1.54, 1.807) is 36.4 Å². The summed E-state index contributed by atoms with van der Waals surface area (Å²) in [6.45, 7) is 0.0385. The smallest absolute Gasteiger partial charge is 0.336 e. The predicted octanol–water partition coefficient (Wildman–Crippen LogP) is 3.77. The summed E-state index contributed by atoms with van der Waals surface area (Å²) in [5.74, 6) is -0.800. The van der Waals surface area contributed by atoms with Crippen LogP contribution in [0.25, 0.3) is 11.3 Å². The van der Waals surface area contributed by atoms with E-state index in [-0.39, 0.29) is 24.5 Å². The van der Waals surface area contributed by atoms with E-state index >= 15 is 0 Å². The van der Waals surface area contributed by atoms with E-state index in [1.807, 2.05) is 0 Å². The molecule has 1 aliphatic rings. The highest BCUT2D eigenvalue weighted by Gasteiger charge is 2.28. The fraction of sp³-hybridized carbons (Fsp3) is 0.182. The number of furan rings is 1. The van der Waals surface area contributed by atoms with Crippen molar-refractivity contribution in [1.82, 2.24) is 0 Å². The highest BCUT2D eigenvalue weighted by Crippen LogP contribution is 2.44. The van der Waals surface area contributed by atoms with E-state index < -0.39 is 17.9 Å². The molecule has 3 aromatic rings. The molecule has 0 bridgehead atoms. The maximum absolute atomic E-state index is 12.1. The lowest BCUT2D eigenvalue weighted by molar-refractivity contribution is -0.140. The zero-order valence-electron chi connectivity index (χ0n) is 16.0. The van der Waals surface area contributed by atoms with Gasteiger partial charge in [0.2, 0.25) is 6.79 Å². The minimum atomic E-state index is -1.08. The number of aromatic carboxylic acids is 1. The first-order chi connectivity index (χ1) is 14.5. The van der Waals surface area contributed by atoms with Gasteiger partial charge in [-0.2, -0.15) is 0 Å². The first kappa shape index (κ1) is 19.4. The molecule has 30 heavy (non-hydrogen) atoms. The number of hydrogen-bond acceptors (Lipinski definition) is 7. The Labute approximate surface area is 171 Å². The van der Waals surface area contributed by atoms with Crippen molar-refractivity contribution in [2.45, 2.75) is 12.3 Å². The molecule has 2 N–H and O–H groups in total. The average molecular weight is 410 g/mol. The number of esters is 1. The van der Waals surface area contributed by atoms with Gasteiger partial charge in [0.15, 0.2) is 11.5 Å². The molecule has 0 amide bonds. The Hall–Kier alpha value is -3.94. The number of carboxylic acid groups (broad SMARTS) is 1. The monoisotopic (exact) mass is 410 g/mol. The number of fused-ring (bicyclic) bond motifs is 1. The van der Waals surface area contributed by atoms with Gasteiger partial charge in [-0.1, -0.05) is 18.2 Å². The van der Waals surface area contributed by atoms with Crippen LogP contribution in [0.5, 0.6) is 17.2 Å². The predicted molar refractivity (Wildman–Crippen MR) is 104 cm³/mol. The Bertz CT molecular complexity index is 1110. The number of carbonyl (C=O) groups excluding carboxylic acids is 1. The molecule has 0 saturated carbocycles. The fourth-order valence-electron chi connectivity index (χ4n) is 3.41. The van der Waals surface area contributed by atoms with E-state index in [0.29, 0.717) is 34.1 Å². The summed E-state index contributed by atoms with van der Waals surface area (Å²) in [5, 5.41) is 20.0. The number of rotatable bonds is 6. The molecular weight excluding hydrogens is 392 g/mol. The van der Waals surface area contributed by atoms with Crippen LogP contribution in [0.1, 0.15) is 34.0 Å². The molecule has 0 spiro atoms. The van der Waals surface area contributed by atoms with Crippen LogP contribution in [-0.2, 0) is 9.53 Å². The summed E-state index contributed by atoms with van der Waals surface area (Å²) in [4.78, 5) is 23.6. The summed E-state index contributed by atoms with van der Waals surface area (Å²) in [5.41, 5.74) is 0.897. The normalized spacial score (nSPS) is 13.1. The van der Waals surface area contributed by atoms with Gasteiger partial charge >= 0.3 is 11.9 Å². The number of carboxylic acids is 1. The van der Waals surface area contributed by atoms with E-state index in [1.165, 1.54) is 19.2 Å². The fourth-order valence-corrected chi connectivity index (χ4v) is 3.41. The minimum Gasteiger partial charge on any atom is -0.508 e. The zero-order chi connectivity index (χ0) is 21.3. The van der Waals surface area contributed by atoms with Crippen LogP contribution >= 0.6 is 0 Å². The number of aromatic hydroxyl groups is 1. The van der Waals surface area contributed by atoms with Gasteiger partial charge in [0.05, 0.1) is 25.0 Å². The highest BCUT2D eigenvalue weighted by atomic mass is 16.7. The second kappa shape index (κ2) is 7.82. The Morgan fingerprint density at radius 3 is 2.57 bits per heavy atom. The quantitative estimate of drug-likeness (QED) is 0.590. The van der Waals surface area contributed by atoms with Crippen molar-refractivity contribution in [3.63, 3.8) is 0 Å². The van der Waals surface area contributed by atoms with Crippen LogP contribution in [0.3, 0.4) is 0 Å². The SMILES string of the molecule is COC(=O)C[C@@H](c1ccc(-c2ccccc2C(=O)O)o1)c1cc2c(cc1O)OCO2. The van der Waals surface area contributed by atoms with Gasteiger partial charge in [-0.05, 0) is 24.3 Å². The van der Waals surface area contributed by atoms with Gasteiger partial charge < -0.3 is 28.8 Å². The second-order valence-corrected chi connectivity index (χ2v) is 6.65. The van der Waals surface area contributed by atoms with Gasteiger partial charge in [0.1, 0.15) is 17.3 Å². The molecular formula is C22H18O8. The number of ether oxygens (including phenoxy) is 3. The molecule has 8 heteroatoms. The lowest BCUT2D eigenvalue weighted by Gasteiger charge is -2.16. The molecule has 4 rings (SSSR count). The number of benzene rings is 2. The van der Waals surface area contributed by atoms with Gasteiger partial charge in [-0.3, -0.25) is 4.79 Å². The van der Waals surface area contributed by atoms with Gasteiger partial charge in [0, 0.05) is 17.2 Å². The summed E-state index contributed by atoms with van der Waals surface area (Å²) < 4.78 is 21.4. The van der Waals surface area contributed by atoms with Crippen LogP contribution in [0.4, 0.5) is 0 Å². The van der Waals surface area contributed by atoms with Crippen molar-refractivity contribution in [1.29, 1.82) is 0 Å². The second-order valence-electron chi connectivity index (χ2n) is 6.65. The maximum atomic E-state index is 12.1. The van der Waals surface area contributed by atoms with E-state index in [9.17, 15) is 19.8 Å². The van der Waals surface area contributed by atoms with Gasteiger partial charge in [-0.15, -0.1) is 0 Å². The number of hydrogen-bond donors (Lipinski definition) is 2. The van der Waals surface area contributed by atoms with Crippen LogP contribution < -0.4 is 9.47 Å². The first-order valence-electron chi connectivity index (χ1n) is 9.09. The van der Waals surface area contributed by atoms with Gasteiger partial charge in [-0.25, -0.2) is 4.79 Å². The van der Waals surface area contributed by atoms with E-state index in [0.717, 1.165) is 0 Å². The summed E-state index contributed by atoms with van der Waals surface area (Å²) in [6, 6.07) is 12.7. The van der Waals surface area contributed by atoms with Crippen LogP contribution in [0, 0.1) is 0 Å². The lowest BCUT2D eigenvalue weighted by Crippen LogP contribution is -2.10. The Kier molecular flexibility index (Phi) is 5.05. The summed E-state index contributed by atoms with van der Waals surface area (Å²) >= 11 is 0. The van der Waals surface area contributed by atoms with Crippen LogP contribution in [-0.4, -0.2) is 36.1 Å². The molecule has 154 valence electrons. The zero-order valence-corrected chi connectivity index (χ0v) is 16.0. The van der Waals surface area contributed by atoms with E-state index in [2.05, 4.69) is 0 Å². The topological polar surface area (TPSA) is 115 Å². The van der Waals surface area contributed by atoms with Crippen LogP contribution in [0.15, 0.2) is 52.9 Å². The average Bonchev–Trinajstić information content (AvgIpc) is 3.40. The third-order valence-corrected chi connectivity index (χ3v) is 4.89. The third-order valence-electron chi connectivity index (χ3n) is 4.89. The van der Waals surface area contributed by atoms with Crippen molar-refractivity contribution >= 4 is 11.9 Å². The van der Waals surface area contributed by atoms with Crippen molar-refractivity contribution in [3.8, 4) is 28.6 Å². The Morgan fingerprint density at radius 1 is 1.10 bits per heavy atom. The summed E-state index contributed by atoms with van der Waals surface area (Å²) in [7, 11) is 1.27. The molecule has 2 heterocycles. The number of phenolic OH excluding ortho intramolecular Hbond substituents is 1. The largest absolute Gasteiger partial charge is 0.508 e. The molecule has 2 aromatic carbocycles. The molecule has 0 fully saturated rings. The molecule has 0 saturated heterocycles. The van der Waals surface area contributed by atoms with Crippen molar-refractivity contribution in [3.05, 3.63) is 65.4 Å². The molecule has 0 aliphatic carbocycles. The highest BCUT2D eigenvalue weighted by molar-refractivity contribution is 5.95. The molecule has 0 unspecified atom stereocenters. The Morgan fingerprint density at radius 2 is 1.83 bits per heavy atom. The third kappa shape index (κ3) is 3.55. The van der Waals surface area contributed by atoms with Crippen molar-refractivity contribution in [2.24, 2.45) is 0 Å². The molecule has 1 aromatic heterocycles. The molecule has 0 radical (unpaired) electrons. The number of carbonyl (C=O) groups is 2. The molecule has 1 atom stereocenters. The molecule has 8 nitrogen and oxygen atoms in total. The lowest BCUT2D eigenvalue weighted by atomic mass is 9.92. The van der Waals surface area contributed by atoms with Crippen LogP contribution in [0.2, 0.25) is 0 Å². The van der Waals surface area contributed by atoms with Crippen molar-refractivity contribution < 1.29 is 38.4 Å². The Balaban J connectivity index is 1.77. The minimum absolute atomic E-state index is 0.0385. The molecule has 1 aliphatic heterocycles.